The highest BCUT2D eigenvalue weighted by Crippen LogP contribution is 2.21. The second kappa shape index (κ2) is 7.49. The Labute approximate surface area is 122 Å². The fourth-order valence-electron chi connectivity index (χ4n) is 2.04. The van der Waals surface area contributed by atoms with Crippen molar-refractivity contribution in [3.8, 4) is 5.75 Å². The molecular formula is C16H25NOS. The summed E-state index contributed by atoms with van der Waals surface area (Å²) >= 11 is 4.96. The van der Waals surface area contributed by atoms with Gasteiger partial charge in [0.2, 0.25) is 0 Å². The van der Waals surface area contributed by atoms with Crippen LogP contribution in [0.15, 0.2) is 18.2 Å². The zero-order valence-corrected chi connectivity index (χ0v) is 13.2. The summed E-state index contributed by atoms with van der Waals surface area (Å²) in [6.45, 7) is 9.38. The average molecular weight is 279 g/mol. The van der Waals surface area contributed by atoms with Crippen LogP contribution in [0.3, 0.4) is 0 Å². The van der Waals surface area contributed by atoms with Crippen molar-refractivity contribution in [2.45, 2.75) is 40.5 Å². The SMILES string of the molecule is Cc1cc(OCC(C)C)ccc1CC(C)CC(N)=S. The Hall–Kier alpha value is -1.09. The molecule has 0 aromatic heterocycles. The van der Waals surface area contributed by atoms with Gasteiger partial charge in [-0.25, -0.2) is 0 Å². The number of hydrogen-bond acceptors (Lipinski definition) is 2. The first-order valence-electron chi connectivity index (χ1n) is 6.89. The Morgan fingerprint density at radius 1 is 1.32 bits per heavy atom. The van der Waals surface area contributed by atoms with Crippen LogP contribution < -0.4 is 10.5 Å². The number of aryl methyl sites for hydroxylation is 1. The minimum Gasteiger partial charge on any atom is -0.493 e. The predicted molar refractivity (Wildman–Crippen MR) is 85.8 cm³/mol. The van der Waals surface area contributed by atoms with Gasteiger partial charge in [0.15, 0.2) is 0 Å². The van der Waals surface area contributed by atoms with E-state index >= 15 is 0 Å². The van der Waals surface area contributed by atoms with Crippen molar-refractivity contribution >= 4 is 17.2 Å². The third-order valence-corrected chi connectivity index (χ3v) is 3.18. The smallest absolute Gasteiger partial charge is 0.119 e. The van der Waals surface area contributed by atoms with E-state index in [1.54, 1.807) is 0 Å². The molecule has 0 radical (unpaired) electrons. The second-order valence-electron chi connectivity index (χ2n) is 5.77. The molecule has 1 atom stereocenters. The molecule has 0 aliphatic heterocycles. The number of benzene rings is 1. The molecule has 2 nitrogen and oxygen atoms in total. The van der Waals surface area contributed by atoms with Crippen LogP contribution in [0.1, 0.15) is 38.3 Å². The van der Waals surface area contributed by atoms with Crippen LogP contribution >= 0.6 is 12.2 Å². The van der Waals surface area contributed by atoms with Crippen LogP contribution in [-0.4, -0.2) is 11.6 Å². The van der Waals surface area contributed by atoms with Gasteiger partial charge in [0.1, 0.15) is 5.75 Å². The molecule has 0 aliphatic rings. The summed E-state index contributed by atoms with van der Waals surface area (Å²) in [5, 5.41) is 0. The van der Waals surface area contributed by atoms with E-state index in [2.05, 4.69) is 45.9 Å². The Morgan fingerprint density at radius 2 is 2.00 bits per heavy atom. The third-order valence-electron chi connectivity index (χ3n) is 3.02. The Kier molecular flexibility index (Phi) is 6.29. The van der Waals surface area contributed by atoms with Gasteiger partial charge in [-0.3, -0.25) is 0 Å². The number of ether oxygens (including phenoxy) is 1. The third kappa shape index (κ3) is 6.06. The van der Waals surface area contributed by atoms with Crippen molar-refractivity contribution < 1.29 is 4.74 Å². The average Bonchev–Trinajstić information content (AvgIpc) is 2.28. The Morgan fingerprint density at radius 3 is 2.53 bits per heavy atom. The molecule has 2 N–H and O–H groups in total. The lowest BCUT2D eigenvalue weighted by atomic mass is 9.95. The lowest BCUT2D eigenvalue weighted by Gasteiger charge is -2.14. The molecule has 3 heteroatoms. The lowest BCUT2D eigenvalue weighted by Crippen LogP contribution is -2.14. The molecular weight excluding hydrogens is 254 g/mol. The first kappa shape index (κ1) is 16.0. The van der Waals surface area contributed by atoms with E-state index in [0.717, 1.165) is 25.2 Å². The van der Waals surface area contributed by atoms with Crippen molar-refractivity contribution in [2.75, 3.05) is 6.61 Å². The lowest BCUT2D eigenvalue weighted by molar-refractivity contribution is 0.271. The zero-order valence-electron chi connectivity index (χ0n) is 12.4. The summed E-state index contributed by atoms with van der Waals surface area (Å²) in [5.74, 6) is 1.99. The van der Waals surface area contributed by atoms with Crippen molar-refractivity contribution in [1.29, 1.82) is 0 Å². The second-order valence-corrected chi connectivity index (χ2v) is 6.30. The van der Waals surface area contributed by atoms with Crippen molar-refractivity contribution in [3.05, 3.63) is 29.3 Å². The van der Waals surface area contributed by atoms with E-state index < -0.39 is 0 Å². The summed E-state index contributed by atoms with van der Waals surface area (Å²) < 4.78 is 5.73. The fourth-order valence-corrected chi connectivity index (χ4v) is 2.33. The largest absolute Gasteiger partial charge is 0.493 e. The van der Waals surface area contributed by atoms with Crippen LogP contribution in [0.5, 0.6) is 5.75 Å². The summed E-state index contributed by atoms with van der Waals surface area (Å²) in [6, 6.07) is 6.32. The normalized spacial score (nSPS) is 12.5. The van der Waals surface area contributed by atoms with Gasteiger partial charge < -0.3 is 10.5 Å². The molecule has 19 heavy (non-hydrogen) atoms. The molecule has 0 fully saturated rings. The predicted octanol–water partition coefficient (Wildman–Crippen LogP) is 3.88. The van der Waals surface area contributed by atoms with E-state index in [1.165, 1.54) is 11.1 Å². The highest BCUT2D eigenvalue weighted by Gasteiger charge is 2.08. The number of nitrogens with two attached hydrogens (primary N) is 1. The molecule has 0 amide bonds. The standard InChI is InChI=1S/C16H25NOS/c1-11(2)10-18-15-6-5-14(13(4)9-15)7-12(3)8-16(17)19/h5-6,9,11-12H,7-8,10H2,1-4H3,(H2,17,19). The first-order chi connectivity index (χ1) is 8.88. The van der Waals surface area contributed by atoms with Gasteiger partial charge in [-0.15, -0.1) is 0 Å². The van der Waals surface area contributed by atoms with Gasteiger partial charge in [-0.2, -0.15) is 0 Å². The molecule has 0 bridgehead atoms. The van der Waals surface area contributed by atoms with Gasteiger partial charge in [-0.1, -0.05) is 39.1 Å². The summed E-state index contributed by atoms with van der Waals surface area (Å²) in [6.07, 6.45) is 1.81. The minimum absolute atomic E-state index is 0.485. The highest BCUT2D eigenvalue weighted by molar-refractivity contribution is 7.80. The summed E-state index contributed by atoms with van der Waals surface area (Å²) in [7, 11) is 0. The monoisotopic (exact) mass is 279 g/mol. The molecule has 0 heterocycles. The van der Waals surface area contributed by atoms with Crippen LogP contribution in [0.25, 0.3) is 0 Å². The van der Waals surface area contributed by atoms with Crippen LogP contribution in [-0.2, 0) is 6.42 Å². The van der Waals surface area contributed by atoms with E-state index in [-0.39, 0.29) is 0 Å². The maximum atomic E-state index is 5.73. The minimum atomic E-state index is 0.485. The van der Waals surface area contributed by atoms with E-state index in [1.807, 2.05) is 0 Å². The summed E-state index contributed by atoms with van der Waals surface area (Å²) in [5.41, 5.74) is 8.21. The highest BCUT2D eigenvalue weighted by atomic mass is 32.1. The molecule has 1 unspecified atom stereocenters. The molecule has 1 rings (SSSR count). The maximum Gasteiger partial charge on any atom is 0.119 e. The molecule has 0 aliphatic carbocycles. The Balaban J connectivity index is 2.63. The number of thiocarbonyl (C=S) groups is 1. The van der Waals surface area contributed by atoms with Gasteiger partial charge >= 0.3 is 0 Å². The van der Waals surface area contributed by atoms with Crippen molar-refractivity contribution in [2.24, 2.45) is 17.6 Å². The van der Waals surface area contributed by atoms with E-state index in [4.69, 9.17) is 22.7 Å². The van der Waals surface area contributed by atoms with Gasteiger partial charge in [0.25, 0.3) is 0 Å². The van der Waals surface area contributed by atoms with Gasteiger partial charge in [-0.05, 0) is 48.4 Å². The fraction of sp³-hybridized carbons (Fsp3) is 0.562. The van der Waals surface area contributed by atoms with Crippen molar-refractivity contribution in [3.63, 3.8) is 0 Å². The molecule has 106 valence electrons. The van der Waals surface area contributed by atoms with Crippen LogP contribution in [0, 0.1) is 18.8 Å². The number of rotatable bonds is 7. The molecule has 1 aromatic carbocycles. The van der Waals surface area contributed by atoms with E-state index in [0.29, 0.717) is 16.8 Å². The Bertz CT molecular complexity index is 429. The topological polar surface area (TPSA) is 35.2 Å². The first-order valence-corrected chi connectivity index (χ1v) is 7.30. The van der Waals surface area contributed by atoms with Gasteiger partial charge in [0.05, 0.1) is 11.6 Å². The molecule has 0 saturated carbocycles. The van der Waals surface area contributed by atoms with Crippen LogP contribution in [0.2, 0.25) is 0 Å². The van der Waals surface area contributed by atoms with Crippen LogP contribution in [0.4, 0.5) is 0 Å². The number of hydrogen-bond donors (Lipinski definition) is 1. The molecule has 1 aromatic rings. The van der Waals surface area contributed by atoms with E-state index in [9.17, 15) is 0 Å². The molecule has 0 spiro atoms. The quantitative estimate of drug-likeness (QED) is 0.769. The maximum absolute atomic E-state index is 5.73. The molecule has 0 saturated heterocycles. The van der Waals surface area contributed by atoms with Gasteiger partial charge in [0, 0.05) is 6.42 Å². The summed E-state index contributed by atoms with van der Waals surface area (Å²) in [4.78, 5) is 0.599. The van der Waals surface area contributed by atoms with Crippen molar-refractivity contribution in [1.82, 2.24) is 0 Å². The zero-order chi connectivity index (χ0) is 14.4.